The average molecular weight is 162 g/mol. The molecule has 2 aliphatic carbocycles. The summed E-state index contributed by atoms with van der Waals surface area (Å²) < 4.78 is 0. The molecule has 0 aromatic rings. The number of hydrogen-bond acceptors (Lipinski definition) is 1. The Kier molecular flexibility index (Phi) is 2.19. The summed E-state index contributed by atoms with van der Waals surface area (Å²) in [6.07, 6.45) is 7.52. The minimum absolute atomic E-state index is 0.00646. The average Bonchev–Trinajstić information content (AvgIpc) is 2.48. The number of aliphatic hydroxyl groups is 1. The van der Waals surface area contributed by atoms with Crippen LogP contribution in [0, 0.1) is 23.7 Å². The van der Waals surface area contributed by atoms with Gasteiger partial charge in [-0.2, -0.15) is 0 Å². The van der Waals surface area contributed by atoms with Crippen molar-refractivity contribution in [2.24, 2.45) is 11.8 Å². The summed E-state index contributed by atoms with van der Waals surface area (Å²) in [4.78, 5) is 0. The van der Waals surface area contributed by atoms with Gasteiger partial charge in [-0.05, 0) is 37.5 Å². The van der Waals surface area contributed by atoms with Crippen molar-refractivity contribution in [2.75, 3.05) is 6.61 Å². The Morgan fingerprint density at radius 2 is 2.42 bits per heavy atom. The van der Waals surface area contributed by atoms with Crippen molar-refractivity contribution in [3.05, 3.63) is 11.6 Å². The molecule has 0 heterocycles. The summed E-state index contributed by atoms with van der Waals surface area (Å²) in [5, 5.41) is 8.57. The van der Waals surface area contributed by atoms with Crippen LogP contribution in [0.1, 0.15) is 25.7 Å². The minimum Gasteiger partial charge on any atom is -0.384 e. The monoisotopic (exact) mass is 162 g/mol. The molecule has 1 N–H and O–H groups in total. The second kappa shape index (κ2) is 3.33. The first kappa shape index (κ1) is 7.89. The van der Waals surface area contributed by atoms with Gasteiger partial charge in [-0.25, -0.2) is 0 Å². The lowest BCUT2D eigenvalue weighted by molar-refractivity contribution is 0.350. The second-order valence-corrected chi connectivity index (χ2v) is 3.73. The van der Waals surface area contributed by atoms with Crippen LogP contribution >= 0.6 is 0 Å². The van der Waals surface area contributed by atoms with Crippen LogP contribution in [0.25, 0.3) is 0 Å². The van der Waals surface area contributed by atoms with E-state index in [0.29, 0.717) is 0 Å². The maximum Gasteiger partial charge on any atom is 0.104 e. The molecule has 0 spiro atoms. The largest absolute Gasteiger partial charge is 0.384 e. The fourth-order valence-electron chi connectivity index (χ4n) is 2.33. The Hall–Kier alpha value is -0.740. The lowest BCUT2D eigenvalue weighted by atomic mass is 9.89. The van der Waals surface area contributed by atoms with E-state index in [-0.39, 0.29) is 6.61 Å². The van der Waals surface area contributed by atoms with Gasteiger partial charge in [0.2, 0.25) is 0 Å². The summed E-state index contributed by atoms with van der Waals surface area (Å²) in [7, 11) is 0. The van der Waals surface area contributed by atoms with Gasteiger partial charge in [0.1, 0.15) is 6.61 Å². The molecule has 0 aliphatic heterocycles. The Morgan fingerprint density at radius 3 is 3.25 bits per heavy atom. The van der Waals surface area contributed by atoms with Gasteiger partial charge in [0, 0.05) is 5.57 Å². The highest BCUT2D eigenvalue weighted by molar-refractivity contribution is 5.33. The quantitative estimate of drug-likeness (QED) is 0.538. The van der Waals surface area contributed by atoms with Crippen LogP contribution in [0.4, 0.5) is 0 Å². The standard InChI is InChI=1S/C11H14O/c12-7-1-2-10-5-3-9-4-6-11(10)8-9/h5,9,11-12H,3-4,6-8H2. The van der Waals surface area contributed by atoms with Crippen molar-refractivity contribution >= 4 is 0 Å². The number of allylic oxidation sites excluding steroid dienone is 2. The molecule has 2 bridgehead atoms. The zero-order valence-electron chi connectivity index (χ0n) is 7.21. The van der Waals surface area contributed by atoms with Gasteiger partial charge in [-0.15, -0.1) is 0 Å². The fraction of sp³-hybridized carbons (Fsp3) is 0.636. The molecule has 1 fully saturated rings. The van der Waals surface area contributed by atoms with E-state index >= 15 is 0 Å². The third kappa shape index (κ3) is 1.40. The molecule has 1 saturated carbocycles. The smallest absolute Gasteiger partial charge is 0.104 e. The first-order chi connectivity index (χ1) is 5.90. The van der Waals surface area contributed by atoms with Crippen LogP contribution in [0.15, 0.2) is 11.6 Å². The van der Waals surface area contributed by atoms with Crippen molar-refractivity contribution in [1.82, 2.24) is 0 Å². The van der Waals surface area contributed by atoms with E-state index in [1.165, 1.54) is 31.3 Å². The topological polar surface area (TPSA) is 20.2 Å². The third-order valence-electron chi connectivity index (χ3n) is 2.96. The maximum atomic E-state index is 8.57. The van der Waals surface area contributed by atoms with Gasteiger partial charge in [0.15, 0.2) is 0 Å². The summed E-state index contributed by atoms with van der Waals surface area (Å²) in [5.41, 5.74) is 1.29. The highest BCUT2D eigenvalue weighted by Gasteiger charge is 2.29. The Labute approximate surface area is 73.5 Å². The molecule has 2 rings (SSSR count). The van der Waals surface area contributed by atoms with Crippen molar-refractivity contribution in [1.29, 1.82) is 0 Å². The Balaban J connectivity index is 2.10. The number of rotatable bonds is 0. The molecule has 1 heteroatoms. The molecule has 1 nitrogen and oxygen atoms in total. The van der Waals surface area contributed by atoms with Crippen molar-refractivity contribution < 1.29 is 5.11 Å². The van der Waals surface area contributed by atoms with Crippen LogP contribution in [-0.2, 0) is 0 Å². The van der Waals surface area contributed by atoms with Crippen LogP contribution in [0.2, 0.25) is 0 Å². The lowest BCUT2D eigenvalue weighted by Gasteiger charge is -2.15. The molecule has 0 saturated heterocycles. The van der Waals surface area contributed by atoms with E-state index in [0.717, 1.165) is 11.8 Å². The molecule has 2 aliphatic rings. The fourth-order valence-corrected chi connectivity index (χ4v) is 2.33. The van der Waals surface area contributed by atoms with Crippen molar-refractivity contribution in [3.63, 3.8) is 0 Å². The van der Waals surface area contributed by atoms with E-state index < -0.39 is 0 Å². The van der Waals surface area contributed by atoms with Gasteiger partial charge < -0.3 is 5.11 Å². The van der Waals surface area contributed by atoms with Gasteiger partial charge >= 0.3 is 0 Å². The highest BCUT2D eigenvalue weighted by atomic mass is 16.2. The molecular weight excluding hydrogens is 148 g/mol. The van der Waals surface area contributed by atoms with E-state index in [2.05, 4.69) is 17.9 Å². The normalized spacial score (nSPS) is 32.2. The SMILES string of the molecule is OCC#CC1=CCC2CCC1C2. The van der Waals surface area contributed by atoms with Crippen LogP contribution in [-0.4, -0.2) is 11.7 Å². The van der Waals surface area contributed by atoms with E-state index in [1.807, 2.05) is 0 Å². The first-order valence-electron chi connectivity index (χ1n) is 4.70. The van der Waals surface area contributed by atoms with E-state index in [9.17, 15) is 0 Å². The molecular formula is C11H14O. The molecule has 2 unspecified atom stereocenters. The Bertz CT molecular complexity index is 254. The van der Waals surface area contributed by atoms with Gasteiger partial charge in [-0.3, -0.25) is 0 Å². The summed E-state index contributed by atoms with van der Waals surface area (Å²) in [6.45, 7) is -0.00646. The molecule has 0 radical (unpaired) electrons. The summed E-state index contributed by atoms with van der Waals surface area (Å²) in [5.74, 6) is 7.46. The Morgan fingerprint density at radius 1 is 1.50 bits per heavy atom. The van der Waals surface area contributed by atoms with Crippen LogP contribution in [0.5, 0.6) is 0 Å². The highest BCUT2D eigenvalue weighted by Crippen LogP contribution is 2.41. The molecule has 64 valence electrons. The van der Waals surface area contributed by atoms with Crippen LogP contribution in [0.3, 0.4) is 0 Å². The number of aliphatic hydroxyl groups excluding tert-OH is 1. The molecule has 0 aromatic heterocycles. The lowest BCUT2D eigenvalue weighted by Crippen LogP contribution is -2.04. The van der Waals surface area contributed by atoms with Crippen molar-refractivity contribution in [2.45, 2.75) is 25.7 Å². The minimum atomic E-state index is -0.00646. The van der Waals surface area contributed by atoms with Crippen LogP contribution < -0.4 is 0 Å². The second-order valence-electron chi connectivity index (χ2n) is 3.73. The molecule has 0 aromatic carbocycles. The number of fused-ring (bicyclic) bond motifs is 2. The van der Waals surface area contributed by atoms with E-state index in [4.69, 9.17) is 5.11 Å². The predicted octanol–water partition coefficient (Wildman–Crippen LogP) is 1.73. The van der Waals surface area contributed by atoms with Crippen molar-refractivity contribution in [3.8, 4) is 11.8 Å². The zero-order valence-corrected chi connectivity index (χ0v) is 7.21. The van der Waals surface area contributed by atoms with Gasteiger partial charge in [0.25, 0.3) is 0 Å². The summed E-state index contributed by atoms with van der Waals surface area (Å²) >= 11 is 0. The first-order valence-corrected chi connectivity index (χ1v) is 4.70. The predicted molar refractivity (Wildman–Crippen MR) is 48.4 cm³/mol. The maximum absolute atomic E-state index is 8.57. The van der Waals surface area contributed by atoms with Gasteiger partial charge in [0.05, 0.1) is 0 Å². The van der Waals surface area contributed by atoms with Gasteiger partial charge in [-0.1, -0.05) is 17.9 Å². The van der Waals surface area contributed by atoms with E-state index in [1.54, 1.807) is 0 Å². The zero-order chi connectivity index (χ0) is 8.39. The third-order valence-corrected chi connectivity index (χ3v) is 2.96. The molecule has 2 atom stereocenters. The molecule has 12 heavy (non-hydrogen) atoms. The number of hydrogen-bond donors (Lipinski definition) is 1. The molecule has 0 amide bonds. The summed E-state index contributed by atoms with van der Waals surface area (Å²) in [6, 6.07) is 0.